The summed E-state index contributed by atoms with van der Waals surface area (Å²) < 4.78 is 4.73. The van der Waals surface area contributed by atoms with Crippen molar-refractivity contribution in [2.75, 3.05) is 92.7 Å². The zero-order valence-electron chi connectivity index (χ0n) is 41.1. The number of piperazine rings is 1. The van der Waals surface area contributed by atoms with Crippen LogP contribution in [0.2, 0.25) is 0 Å². The second-order valence-corrected chi connectivity index (χ2v) is 19.5. The van der Waals surface area contributed by atoms with Crippen molar-refractivity contribution in [1.82, 2.24) is 29.4 Å². The molecule has 5 heterocycles. The maximum atomic E-state index is 11.2. The highest BCUT2D eigenvalue weighted by Gasteiger charge is 2.28. The summed E-state index contributed by atoms with van der Waals surface area (Å²) in [6.45, 7) is 40.8. The minimum Gasteiger partial charge on any atom is -0.469 e. The molecular formula is C48H94N6O5. The number of esters is 1. The summed E-state index contributed by atoms with van der Waals surface area (Å²) in [6.07, 6.45) is 8.58. The predicted molar refractivity (Wildman–Crippen MR) is 246 cm³/mol. The minimum absolute atomic E-state index is 0.0385. The molecule has 5 saturated heterocycles. The normalized spacial score (nSPS) is 23.7. The number of hydrogen-bond donors (Lipinski definition) is 0. The third kappa shape index (κ3) is 22.2. The Kier molecular flexibility index (Phi) is 27.7. The van der Waals surface area contributed by atoms with E-state index in [9.17, 15) is 19.2 Å². The molecule has 346 valence electrons. The van der Waals surface area contributed by atoms with Crippen LogP contribution in [0.1, 0.15) is 141 Å². The molecule has 0 amide bonds. The molecule has 5 aliphatic rings. The molecule has 2 unspecified atom stereocenters. The van der Waals surface area contributed by atoms with Crippen molar-refractivity contribution in [2.45, 2.75) is 172 Å². The van der Waals surface area contributed by atoms with Crippen LogP contribution in [-0.2, 0) is 23.9 Å². The lowest BCUT2D eigenvalue weighted by Gasteiger charge is -2.34. The maximum Gasteiger partial charge on any atom is 0.308 e. The van der Waals surface area contributed by atoms with Gasteiger partial charge in [0.25, 0.3) is 0 Å². The van der Waals surface area contributed by atoms with E-state index in [4.69, 9.17) is 4.74 Å². The Morgan fingerprint density at radius 1 is 0.407 bits per heavy atom. The number of nitrogens with zero attached hydrogens (tertiary/aromatic N) is 6. The lowest BCUT2D eigenvalue weighted by Crippen LogP contribution is -2.47. The number of hydrogen-bond acceptors (Lipinski definition) is 11. The minimum atomic E-state index is -0.0385. The van der Waals surface area contributed by atoms with E-state index in [-0.39, 0.29) is 11.9 Å². The van der Waals surface area contributed by atoms with Gasteiger partial charge in [-0.25, -0.2) is 0 Å². The number of Topliss-reactive ketones (excluding diaryl/α,β-unsaturated/α-hetero) is 3. The largest absolute Gasteiger partial charge is 0.469 e. The fraction of sp³-hybridized carbons (Fsp3) is 0.917. The third-order valence-electron chi connectivity index (χ3n) is 13.4. The molecule has 0 saturated carbocycles. The first kappa shape index (κ1) is 55.3. The molecule has 0 bridgehead atoms. The molecule has 0 radical (unpaired) electrons. The SMILES string of the molecule is CC(=O)C1CCCN(C(C)C)C1.CC(=O)C1CCCN(C(C)C)C1.CC(=O)C1CCN(C(C)C)CC1.CC(C)N1CCN(C)CC1.COC(=O)C1CCN(C(C)C)CC1. The molecule has 0 N–H and O–H groups in total. The van der Waals surface area contributed by atoms with Crippen molar-refractivity contribution in [3.05, 3.63) is 0 Å². The quantitative estimate of drug-likeness (QED) is 0.225. The number of rotatable bonds is 9. The molecule has 0 aromatic heterocycles. The zero-order chi connectivity index (χ0) is 44.8. The van der Waals surface area contributed by atoms with Crippen LogP contribution >= 0.6 is 0 Å². The number of carbonyl (C=O) groups is 4. The van der Waals surface area contributed by atoms with Crippen LogP contribution in [0.25, 0.3) is 0 Å². The van der Waals surface area contributed by atoms with E-state index in [1.807, 2.05) is 0 Å². The lowest BCUT2D eigenvalue weighted by molar-refractivity contribution is -0.147. The summed E-state index contributed by atoms with van der Waals surface area (Å²) in [5, 5.41) is 0. The molecule has 5 fully saturated rings. The van der Waals surface area contributed by atoms with E-state index >= 15 is 0 Å². The van der Waals surface area contributed by atoms with Gasteiger partial charge in [0.1, 0.15) is 17.3 Å². The number of likely N-dealkylation sites (tertiary alicyclic amines) is 4. The molecule has 0 aromatic carbocycles. The van der Waals surface area contributed by atoms with Crippen LogP contribution in [0.15, 0.2) is 0 Å². The van der Waals surface area contributed by atoms with Gasteiger partial charge in [0.05, 0.1) is 13.0 Å². The van der Waals surface area contributed by atoms with E-state index in [1.165, 1.54) is 59.2 Å². The lowest BCUT2D eigenvalue weighted by atomic mass is 9.93. The monoisotopic (exact) mass is 835 g/mol. The van der Waals surface area contributed by atoms with E-state index in [0.717, 1.165) is 83.8 Å². The standard InChI is InChI=1S/C10H19NO2.3C10H19NO.C8H18N2/c1-8(2)11-6-4-9(5-7-11)10(12)13-3;1-8(2)11-6-4-10(5-7-11)9(3)12;2*1-8(2)11-6-4-5-10(7-11)9(3)12;1-8(2)10-6-4-9(3)5-7-10/h8-9H,4-7H2,1-3H3;3*8,10H,4-7H2,1-3H3;8H,4-7H2,1-3H3. The number of likely N-dealkylation sites (N-methyl/N-ethyl adjacent to an activating group) is 1. The Bertz CT molecular complexity index is 1130. The molecule has 2 atom stereocenters. The van der Waals surface area contributed by atoms with Crippen molar-refractivity contribution < 1.29 is 23.9 Å². The summed E-state index contributed by atoms with van der Waals surface area (Å²) in [5.74, 6) is 2.16. The van der Waals surface area contributed by atoms with Crippen LogP contribution in [0.3, 0.4) is 0 Å². The Hall–Kier alpha value is -1.76. The van der Waals surface area contributed by atoms with Gasteiger partial charge in [-0.15, -0.1) is 0 Å². The molecule has 11 nitrogen and oxygen atoms in total. The highest BCUT2D eigenvalue weighted by Crippen LogP contribution is 2.22. The smallest absolute Gasteiger partial charge is 0.308 e. The molecule has 0 aliphatic carbocycles. The summed E-state index contributed by atoms with van der Waals surface area (Å²) in [5.41, 5.74) is 0. The van der Waals surface area contributed by atoms with Crippen molar-refractivity contribution in [3.8, 4) is 0 Å². The van der Waals surface area contributed by atoms with Gasteiger partial charge in [-0.1, -0.05) is 0 Å². The summed E-state index contributed by atoms with van der Waals surface area (Å²) in [4.78, 5) is 59.1. The Morgan fingerprint density at radius 2 is 0.712 bits per heavy atom. The van der Waals surface area contributed by atoms with Gasteiger partial charge < -0.3 is 29.2 Å². The Labute approximate surface area is 363 Å². The predicted octanol–water partition coefficient (Wildman–Crippen LogP) is 7.01. The number of methoxy groups -OCH3 is 1. The van der Waals surface area contributed by atoms with Crippen molar-refractivity contribution in [1.29, 1.82) is 0 Å². The number of carbonyl (C=O) groups excluding carboxylic acids is 4. The van der Waals surface area contributed by atoms with Gasteiger partial charge in [0, 0.05) is 87.2 Å². The summed E-state index contributed by atoms with van der Waals surface area (Å²) >= 11 is 0. The number of ether oxygens (including phenoxy) is 1. The Morgan fingerprint density at radius 3 is 1.00 bits per heavy atom. The van der Waals surface area contributed by atoms with Crippen LogP contribution < -0.4 is 0 Å². The van der Waals surface area contributed by atoms with Crippen LogP contribution in [0, 0.1) is 23.7 Å². The van der Waals surface area contributed by atoms with Crippen molar-refractivity contribution in [2.24, 2.45) is 23.7 Å². The van der Waals surface area contributed by atoms with Crippen molar-refractivity contribution >= 4 is 23.3 Å². The van der Waals surface area contributed by atoms with Gasteiger partial charge in [0.15, 0.2) is 0 Å². The zero-order valence-corrected chi connectivity index (χ0v) is 41.1. The number of ketones is 3. The molecule has 59 heavy (non-hydrogen) atoms. The summed E-state index contributed by atoms with van der Waals surface area (Å²) in [7, 11) is 3.66. The highest BCUT2D eigenvalue weighted by atomic mass is 16.5. The Balaban J connectivity index is 0.000000370. The van der Waals surface area contributed by atoms with Crippen LogP contribution in [0.5, 0.6) is 0 Å². The first-order chi connectivity index (χ1) is 27.7. The van der Waals surface area contributed by atoms with Gasteiger partial charge in [0.2, 0.25) is 0 Å². The molecular weight excluding hydrogens is 741 g/mol. The first-order valence-electron chi connectivity index (χ1n) is 23.7. The molecule has 5 rings (SSSR count). The van der Waals surface area contributed by atoms with E-state index in [2.05, 4.69) is 106 Å². The number of piperidine rings is 4. The van der Waals surface area contributed by atoms with E-state index in [0.29, 0.717) is 59.3 Å². The highest BCUT2D eigenvalue weighted by molar-refractivity contribution is 5.79. The second kappa shape index (κ2) is 29.5. The molecule has 0 aromatic rings. The topological polar surface area (TPSA) is 97.0 Å². The van der Waals surface area contributed by atoms with Gasteiger partial charge in [-0.2, -0.15) is 0 Å². The van der Waals surface area contributed by atoms with Crippen LogP contribution in [0.4, 0.5) is 0 Å². The first-order valence-corrected chi connectivity index (χ1v) is 23.7. The van der Waals surface area contributed by atoms with Gasteiger partial charge in [-0.3, -0.25) is 24.1 Å². The molecule has 11 heteroatoms. The van der Waals surface area contributed by atoms with Crippen LogP contribution in [-0.4, -0.2) is 176 Å². The molecule has 5 aliphatic heterocycles. The second-order valence-electron chi connectivity index (χ2n) is 19.5. The fourth-order valence-corrected chi connectivity index (χ4v) is 8.59. The maximum absolute atomic E-state index is 11.2. The van der Waals surface area contributed by atoms with Crippen molar-refractivity contribution in [3.63, 3.8) is 0 Å². The molecule has 0 spiro atoms. The average Bonchev–Trinajstić information content (AvgIpc) is 3.21. The van der Waals surface area contributed by atoms with Gasteiger partial charge in [-0.05, 0) is 188 Å². The third-order valence-corrected chi connectivity index (χ3v) is 13.4. The fourth-order valence-electron chi connectivity index (χ4n) is 8.59. The average molecular weight is 835 g/mol. The van der Waals surface area contributed by atoms with Gasteiger partial charge >= 0.3 is 5.97 Å². The summed E-state index contributed by atoms with van der Waals surface area (Å²) in [6, 6.07) is 3.14. The van der Waals surface area contributed by atoms with E-state index in [1.54, 1.807) is 20.8 Å². The van der Waals surface area contributed by atoms with E-state index < -0.39 is 0 Å².